The normalized spacial score (nSPS) is 12.7. The van der Waals surface area contributed by atoms with Gasteiger partial charge in [-0.2, -0.15) is 5.10 Å². The van der Waals surface area contributed by atoms with Gasteiger partial charge in [0.1, 0.15) is 0 Å². The van der Waals surface area contributed by atoms with E-state index in [1.807, 2.05) is 13.0 Å². The van der Waals surface area contributed by atoms with E-state index in [4.69, 9.17) is 0 Å². The van der Waals surface area contributed by atoms with Crippen molar-refractivity contribution in [2.45, 2.75) is 40.3 Å². The van der Waals surface area contributed by atoms with Crippen LogP contribution in [0, 0.1) is 19.8 Å². The lowest BCUT2D eigenvalue weighted by Gasteiger charge is -2.25. The Balaban J connectivity index is 1.90. The maximum Gasteiger partial charge on any atom is 0.0596 e. The van der Waals surface area contributed by atoms with Gasteiger partial charge in [0.15, 0.2) is 0 Å². The van der Waals surface area contributed by atoms with Crippen LogP contribution in [0.15, 0.2) is 36.4 Å². The van der Waals surface area contributed by atoms with Gasteiger partial charge in [-0.15, -0.1) is 0 Å². The smallest absolute Gasteiger partial charge is 0.0596 e. The molecule has 0 radical (unpaired) electrons. The molecule has 0 spiro atoms. The Morgan fingerprint density at radius 3 is 2.57 bits per heavy atom. The van der Waals surface area contributed by atoms with Gasteiger partial charge in [-0.05, 0) is 37.8 Å². The highest BCUT2D eigenvalue weighted by molar-refractivity contribution is 5.14. The molecule has 0 aliphatic rings. The van der Waals surface area contributed by atoms with Gasteiger partial charge in [-0.1, -0.05) is 37.3 Å². The van der Waals surface area contributed by atoms with Crippen LogP contribution < -0.4 is 0 Å². The zero-order valence-corrected chi connectivity index (χ0v) is 14.6. The van der Waals surface area contributed by atoms with Gasteiger partial charge in [0.2, 0.25) is 0 Å². The maximum atomic E-state index is 9.35. The van der Waals surface area contributed by atoms with Crippen LogP contribution in [-0.2, 0) is 13.1 Å². The fraction of sp³-hybridized carbons (Fsp3) is 0.526. The largest absolute Gasteiger partial charge is 0.396 e. The van der Waals surface area contributed by atoms with Crippen LogP contribution >= 0.6 is 0 Å². The SMILES string of the molecule is Cc1cc(C)n(CCCN(Cc2ccccc2)CC(C)CO)n1. The minimum atomic E-state index is 0.239. The molecular weight excluding hydrogens is 286 g/mol. The molecule has 1 aromatic heterocycles. The number of aliphatic hydroxyl groups excluding tert-OH is 1. The summed E-state index contributed by atoms with van der Waals surface area (Å²) in [5.74, 6) is 0.299. The van der Waals surface area contributed by atoms with Crippen molar-refractivity contribution in [2.75, 3.05) is 19.7 Å². The van der Waals surface area contributed by atoms with Crippen molar-refractivity contribution < 1.29 is 5.11 Å². The molecule has 2 aromatic rings. The molecule has 0 fully saturated rings. The molecule has 0 saturated carbocycles. The van der Waals surface area contributed by atoms with Crippen molar-refractivity contribution in [3.05, 3.63) is 53.3 Å². The number of rotatable bonds is 9. The van der Waals surface area contributed by atoms with E-state index in [1.165, 1.54) is 11.3 Å². The minimum absolute atomic E-state index is 0.239. The molecule has 1 aromatic carbocycles. The zero-order valence-electron chi connectivity index (χ0n) is 14.6. The predicted molar refractivity (Wildman–Crippen MR) is 94.3 cm³/mol. The van der Waals surface area contributed by atoms with E-state index < -0.39 is 0 Å². The molecule has 1 heterocycles. The molecule has 2 rings (SSSR count). The zero-order chi connectivity index (χ0) is 16.7. The second-order valence-corrected chi connectivity index (χ2v) is 6.51. The number of nitrogens with zero attached hydrogens (tertiary/aromatic N) is 3. The summed E-state index contributed by atoms with van der Waals surface area (Å²) in [5, 5.41) is 13.9. The first-order chi connectivity index (χ1) is 11.1. The number of aryl methyl sites for hydroxylation is 3. The Morgan fingerprint density at radius 2 is 1.96 bits per heavy atom. The molecular formula is C19H29N3O. The molecule has 1 atom stereocenters. The van der Waals surface area contributed by atoms with Crippen LogP contribution in [0.2, 0.25) is 0 Å². The molecule has 1 N–H and O–H groups in total. The summed E-state index contributed by atoms with van der Waals surface area (Å²) in [6, 6.07) is 12.7. The van der Waals surface area contributed by atoms with Gasteiger partial charge in [0, 0.05) is 38.5 Å². The quantitative estimate of drug-likeness (QED) is 0.773. The third-order valence-electron chi connectivity index (χ3n) is 4.08. The summed E-state index contributed by atoms with van der Waals surface area (Å²) in [7, 11) is 0. The second kappa shape index (κ2) is 8.85. The van der Waals surface area contributed by atoms with E-state index >= 15 is 0 Å². The van der Waals surface area contributed by atoms with Gasteiger partial charge in [-0.25, -0.2) is 0 Å². The molecule has 0 aliphatic heterocycles. The second-order valence-electron chi connectivity index (χ2n) is 6.51. The number of hydrogen-bond donors (Lipinski definition) is 1. The first kappa shape index (κ1) is 17.7. The summed E-state index contributed by atoms with van der Waals surface area (Å²) >= 11 is 0. The standard InChI is InChI=1S/C19H29N3O/c1-16(15-23)13-21(14-19-8-5-4-6-9-19)10-7-11-22-18(3)12-17(2)20-22/h4-6,8-9,12,16,23H,7,10-11,13-15H2,1-3H3. The minimum Gasteiger partial charge on any atom is -0.396 e. The van der Waals surface area contributed by atoms with Gasteiger partial charge >= 0.3 is 0 Å². The Morgan fingerprint density at radius 1 is 1.22 bits per heavy atom. The highest BCUT2D eigenvalue weighted by Crippen LogP contribution is 2.09. The van der Waals surface area contributed by atoms with Crippen molar-refractivity contribution in [1.82, 2.24) is 14.7 Å². The fourth-order valence-electron chi connectivity index (χ4n) is 2.92. The summed E-state index contributed by atoms with van der Waals surface area (Å²) in [6.45, 7) is 10.3. The van der Waals surface area contributed by atoms with E-state index in [1.54, 1.807) is 0 Å². The molecule has 0 saturated heterocycles. The van der Waals surface area contributed by atoms with Crippen LogP contribution in [-0.4, -0.2) is 39.5 Å². The number of hydrogen-bond acceptors (Lipinski definition) is 3. The lowest BCUT2D eigenvalue weighted by molar-refractivity contribution is 0.165. The third kappa shape index (κ3) is 5.81. The van der Waals surface area contributed by atoms with Crippen LogP contribution in [0.1, 0.15) is 30.3 Å². The van der Waals surface area contributed by atoms with Crippen LogP contribution in [0.5, 0.6) is 0 Å². The number of aromatic nitrogens is 2. The topological polar surface area (TPSA) is 41.3 Å². The third-order valence-corrected chi connectivity index (χ3v) is 4.08. The number of aliphatic hydroxyl groups is 1. The Bertz CT molecular complexity index is 580. The Labute approximate surface area is 139 Å². The van der Waals surface area contributed by atoms with E-state index in [9.17, 15) is 5.11 Å². The Hall–Kier alpha value is -1.65. The molecule has 0 amide bonds. The summed E-state index contributed by atoms with van der Waals surface area (Å²) in [5.41, 5.74) is 3.63. The van der Waals surface area contributed by atoms with Crippen LogP contribution in [0.4, 0.5) is 0 Å². The molecule has 23 heavy (non-hydrogen) atoms. The highest BCUT2D eigenvalue weighted by Gasteiger charge is 2.11. The first-order valence-corrected chi connectivity index (χ1v) is 8.46. The summed E-state index contributed by atoms with van der Waals surface area (Å²) < 4.78 is 2.09. The average molecular weight is 315 g/mol. The van der Waals surface area contributed by atoms with Gasteiger partial charge in [0.25, 0.3) is 0 Å². The van der Waals surface area contributed by atoms with Gasteiger partial charge in [-0.3, -0.25) is 9.58 Å². The lowest BCUT2D eigenvalue weighted by Crippen LogP contribution is -2.31. The summed E-state index contributed by atoms with van der Waals surface area (Å²) in [6.07, 6.45) is 1.06. The van der Waals surface area contributed by atoms with E-state index in [2.05, 4.69) is 58.9 Å². The van der Waals surface area contributed by atoms with Crippen LogP contribution in [0.25, 0.3) is 0 Å². The molecule has 126 valence electrons. The average Bonchev–Trinajstić information content (AvgIpc) is 2.86. The molecule has 0 bridgehead atoms. The highest BCUT2D eigenvalue weighted by atomic mass is 16.3. The maximum absolute atomic E-state index is 9.35. The van der Waals surface area contributed by atoms with Crippen molar-refractivity contribution in [2.24, 2.45) is 5.92 Å². The van der Waals surface area contributed by atoms with E-state index in [0.717, 1.165) is 38.3 Å². The monoisotopic (exact) mass is 315 g/mol. The molecule has 4 heteroatoms. The fourth-order valence-corrected chi connectivity index (χ4v) is 2.92. The van der Waals surface area contributed by atoms with Gasteiger partial charge < -0.3 is 5.11 Å². The first-order valence-electron chi connectivity index (χ1n) is 8.46. The number of benzene rings is 1. The predicted octanol–water partition coefficient (Wildman–Crippen LogP) is 3.02. The van der Waals surface area contributed by atoms with Crippen molar-refractivity contribution in [1.29, 1.82) is 0 Å². The lowest BCUT2D eigenvalue weighted by atomic mass is 10.1. The van der Waals surface area contributed by atoms with E-state index in [-0.39, 0.29) is 6.61 Å². The molecule has 1 unspecified atom stereocenters. The van der Waals surface area contributed by atoms with Crippen molar-refractivity contribution >= 4 is 0 Å². The molecule has 0 aliphatic carbocycles. The van der Waals surface area contributed by atoms with Crippen molar-refractivity contribution in [3.63, 3.8) is 0 Å². The molecule has 4 nitrogen and oxygen atoms in total. The summed E-state index contributed by atoms with van der Waals surface area (Å²) in [4.78, 5) is 2.43. The van der Waals surface area contributed by atoms with Crippen LogP contribution in [0.3, 0.4) is 0 Å². The van der Waals surface area contributed by atoms with Crippen molar-refractivity contribution in [3.8, 4) is 0 Å². The van der Waals surface area contributed by atoms with Gasteiger partial charge in [0.05, 0.1) is 5.69 Å². The Kier molecular flexibility index (Phi) is 6.81. The van der Waals surface area contributed by atoms with E-state index in [0.29, 0.717) is 5.92 Å².